The molecule has 0 bridgehead atoms. The molecule has 1 heterocycles. The molecule has 0 aromatic heterocycles. The van der Waals surface area contributed by atoms with Gasteiger partial charge in [0.05, 0.1) is 11.4 Å². The van der Waals surface area contributed by atoms with Gasteiger partial charge in [0.1, 0.15) is 13.2 Å². The molecule has 1 aliphatic heterocycles. The largest absolute Gasteiger partial charge is 0.486 e. The summed E-state index contributed by atoms with van der Waals surface area (Å²) in [5.41, 5.74) is 7.17. The van der Waals surface area contributed by atoms with Crippen molar-refractivity contribution in [3.05, 3.63) is 53.6 Å². The highest BCUT2D eigenvalue weighted by atomic mass is 16.6. The van der Waals surface area contributed by atoms with Gasteiger partial charge in [-0.3, -0.25) is 5.43 Å². The van der Waals surface area contributed by atoms with Crippen molar-refractivity contribution in [3.8, 4) is 11.5 Å². The standard InChI is InChI=1S/C17H18N2O2/c1-12-3-6-15(7-4-12)19-18-13(2)14-5-8-16-17(11-14)21-10-9-20-16/h3-8,11,19H,9-10H2,1-2H3/b18-13-. The van der Waals surface area contributed by atoms with Gasteiger partial charge >= 0.3 is 0 Å². The minimum atomic E-state index is 0.592. The van der Waals surface area contributed by atoms with Crippen molar-refractivity contribution in [1.82, 2.24) is 0 Å². The monoisotopic (exact) mass is 282 g/mol. The Kier molecular flexibility index (Phi) is 3.77. The molecule has 2 aromatic carbocycles. The lowest BCUT2D eigenvalue weighted by Gasteiger charge is -2.18. The molecular weight excluding hydrogens is 264 g/mol. The first-order chi connectivity index (χ1) is 10.2. The third-order valence-corrected chi connectivity index (χ3v) is 3.36. The van der Waals surface area contributed by atoms with E-state index in [4.69, 9.17) is 9.47 Å². The molecule has 0 unspecified atom stereocenters. The normalized spacial score (nSPS) is 13.9. The first-order valence-electron chi connectivity index (χ1n) is 6.99. The summed E-state index contributed by atoms with van der Waals surface area (Å²) >= 11 is 0. The minimum Gasteiger partial charge on any atom is -0.486 e. The zero-order valence-corrected chi connectivity index (χ0v) is 12.2. The number of anilines is 1. The van der Waals surface area contributed by atoms with E-state index < -0.39 is 0 Å². The zero-order valence-electron chi connectivity index (χ0n) is 12.2. The number of hydrogen-bond donors (Lipinski definition) is 1. The number of aryl methyl sites for hydroxylation is 1. The van der Waals surface area contributed by atoms with Crippen LogP contribution in [0.15, 0.2) is 47.6 Å². The van der Waals surface area contributed by atoms with Crippen LogP contribution in [-0.2, 0) is 0 Å². The van der Waals surface area contributed by atoms with E-state index in [1.165, 1.54) is 5.56 Å². The molecule has 4 heteroatoms. The number of nitrogens with one attached hydrogen (secondary N) is 1. The van der Waals surface area contributed by atoms with E-state index in [1.54, 1.807) is 0 Å². The first-order valence-corrected chi connectivity index (χ1v) is 6.99. The number of nitrogens with zero attached hydrogens (tertiary/aromatic N) is 1. The van der Waals surface area contributed by atoms with Crippen molar-refractivity contribution in [1.29, 1.82) is 0 Å². The molecule has 1 N–H and O–H groups in total. The molecule has 4 nitrogen and oxygen atoms in total. The Balaban J connectivity index is 1.76. The van der Waals surface area contributed by atoms with E-state index in [0.717, 1.165) is 28.5 Å². The van der Waals surface area contributed by atoms with Gasteiger partial charge in [0.25, 0.3) is 0 Å². The van der Waals surface area contributed by atoms with Crippen LogP contribution < -0.4 is 14.9 Å². The van der Waals surface area contributed by atoms with Crippen molar-refractivity contribution >= 4 is 11.4 Å². The Labute approximate surface area is 124 Å². The van der Waals surface area contributed by atoms with Crippen LogP contribution in [0.4, 0.5) is 5.69 Å². The van der Waals surface area contributed by atoms with Crippen LogP contribution in [0.3, 0.4) is 0 Å². The van der Waals surface area contributed by atoms with Crippen LogP contribution >= 0.6 is 0 Å². The first kappa shape index (κ1) is 13.5. The maximum atomic E-state index is 5.59. The molecule has 0 saturated heterocycles. The second kappa shape index (κ2) is 5.87. The second-order valence-electron chi connectivity index (χ2n) is 5.03. The molecule has 0 amide bonds. The highest BCUT2D eigenvalue weighted by molar-refractivity contribution is 5.99. The van der Waals surface area contributed by atoms with Crippen molar-refractivity contribution in [3.63, 3.8) is 0 Å². The Morgan fingerprint density at radius 1 is 1.00 bits per heavy atom. The maximum Gasteiger partial charge on any atom is 0.162 e. The lowest BCUT2D eigenvalue weighted by atomic mass is 10.1. The Morgan fingerprint density at radius 3 is 2.48 bits per heavy atom. The number of fused-ring (bicyclic) bond motifs is 1. The lowest BCUT2D eigenvalue weighted by molar-refractivity contribution is 0.171. The summed E-state index contributed by atoms with van der Waals surface area (Å²) in [7, 11) is 0. The van der Waals surface area contributed by atoms with Gasteiger partial charge in [-0.1, -0.05) is 17.7 Å². The average Bonchev–Trinajstić information content (AvgIpc) is 2.53. The van der Waals surface area contributed by atoms with E-state index in [0.29, 0.717) is 13.2 Å². The Bertz CT molecular complexity index is 663. The van der Waals surface area contributed by atoms with Crippen LogP contribution in [0.1, 0.15) is 18.1 Å². The van der Waals surface area contributed by atoms with Crippen LogP contribution in [-0.4, -0.2) is 18.9 Å². The summed E-state index contributed by atoms with van der Waals surface area (Å²) in [6, 6.07) is 14.0. The maximum absolute atomic E-state index is 5.59. The molecule has 0 atom stereocenters. The predicted octanol–water partition coefficient (Wildman–Crippen LogP) is 3.60. The molecule has 0 aliphatic carbocycles. The summed E-state index contributed by atoms with van der Waals surface area (Å²) in [5.74, 6) is 1.58. The van der Waals surface area contributed by atoms with Crippen molar-refractivity contribution in [2.45, 2.75) is 13.8 Å². The third kappa shape index (κ3) is 3.16. The molecule has 108 valence electrons. The number of ether oxygens (including phenoxy) is 2. The summed E-state index contributed by atoms with van der Waals surface area (Å²) in [5, 5.41) is 4.41. The van der Waals surface area contributed by atoms with E-state index in [-0.39, 0.29) is 0 Å². The van der Waals surface area contributed by atoms with Crippen molar-refractivity contribution in [2.75, 3.05) is 18.6 Å². The summed E-state index contributed by atoms with van der Waals surface area (Å²) < 4.78 is 11.1. The molecule has 1 aliphatic rings. The molecule has 21 heavy (non-hydrogen) atoms. The van der Waals surface area contributed by atoms with Gasteiger partial charge in [-0.25, -0.2) is 0 Å². The fraction of sp³-hybridized carbons (Fsp3) is 0.235. The summed E-state index contributed by atoms with van der Waals surface area (Å²) in [4.78, 5) is 0. The van der Waals surface area contributed by atoms with Crippen LogP contribution in [0.5, 0.6) is 11.5 Å². The van der Waals surface area contributed by atoms with Gasteiger partial charge in [0, 0.05) is 5.56 Å². The fourth-order valence-corrected chi connectivity index (χ4v) is 2.11. The smallest absolute Gasteiger partial charge is 0.162 e. The Morgan fingerprint density at radius 2 is 1.71 bits per heavy atom. The molecule has 0 saturated carbocycles. The fourth-order valence-electron chi connectivity index (χ4n) is 2.11. The molecule has 0 radical (unpaired) electrons. The quantitative estimate of drug-likeness (QED) is 0.691. The van der Waals surface area contributed by atoms with E-state index in [9.17, 15) is 0 Å². The van der Waals surface area contributed by atoms with Crippen molar-refractivity contribution in [2.24, 2.45) is 5.10 Å². The van der Waals surface area contributed by atoms with Crippen LogP contribution in [0.2, 0.25) is 0 Å². The van der Waals surface area contributed by atoms with Gasteiger partial charge in [-0.05, 0) is 44.2 Å². The molecular formula is C17H18N2O2. The van der Waals surface area contributed by atoms with Crippen LogP contribution in [0, 0.1) is 6.92 Å². The molecule has 2 aromatic rings. The minimum absolute atomic E-state index is 0.592. The van der Waals surface area contributed by atoms with E-state index in [1.807, 2.05) is 37.3 Å². The summed E-state index contributed by atoms with van der Waals surface area (Å²) in [6.07, 6.45) is 0. The Hall–Kier alpha value is -2.49. The number of rotatable bonds is 3. The highest BCUT2D eigenvalue weighted by Crippen LogP contribution is 2.30. The number of hydrazone groups is 1. The SMILES string of the molecule is C/C(=N/Nc1ccc(C)cc1)c1ccc2c(c1)OCCO2. The summed E-state index contributed by atoms with van der Waals surface area (Å²) in [6.45, 7) is 5.22. The predicted molar refractivity (Wildman–Crippen MR) is 84.4 cm³/mol. The van der Waals surface area contributed by atoms with E-state index >= 15 is 0 Å². The third-order valence-electron chi connectivity index (χ3n) is 3.36. The topological polar surface area (TPSA) is 42.9 Å². The average molecular weight is 282 g/mol. The van der Waals surface area contributed by atoms with Gasteiger partial charge in [0.15, 0.2) is 11.5 Å². The molecule has 3 rings (SSSR count). The van der Waals surface area contributed by atoms with Gasteiger partial charge in [-0.2, -0.15) is 5.10 Å². The van der Waals surface area contributed by atoms with Gasteiger partial charge < -0.3 is 9.47 Å². The number of hydrogen-bond acceptors (Lipinski definition) is 4. The number of benzene rings is 2. The van der Waals surface area contributed by atoms with Gasteiger partial charge in [0.2, 0.25) is 0 Å². The van der Waals surface area contributed by atoms with E-state index in [2.05, 4.69) is 29.6 Å². The second-order valence-corrected chi connectivity index (χ2v) is 5.03. The lowest BCUT2D eigenvalue weighted by Crippen LogP contribution is -2.15. The molecule has 0 fully saturated rings. The van der Waals surface area contributed by atoms with Crippen LogP contribution in [0.25, 0.3) is 0 Å². The van der Waals surface area contributed by atoms with Crippen molar-refractivity contribution < 1.29 is 9.47 Å². The molecule has 0 spiro atoms. The zero-order chi connectivity index (χ0) is 14.7. The highest BCUT2D eigenvalue weighted by Gasteiger charge is 2.12. The van der Waals surface area contributed by atoms with Gasteiger partial charge in [-0.15, -0.1) is 0 Å².